The van der Waals surface area contributed by atoms with Gasteiger partial charge in [-0.1, -0.05) is 32.4 Å². The molecule has 1 rings (SSSR count). The summed E-state index contributed by atoms with van der Waals surface area (Å²) in [6.07, 6.45) is 0.707. The molecule has 114 valence electrons. The first kappa shape index (κ1) is 17.3. The Morgan fingerprint density at radius 3 is 2.65 bits per heavy atom. The van der Waals surface area contributed by atoms with Crippen molar-refractivity contribution in [2.75, 3.05) is 19.7 Å². The molecular formula is C16H27ClNO2+. The molecular weight excluding hydrogens is 274 g/mol. The summed E-state index contributed by atoms with van der Waals surface area (Å²) in [6, 6.07) is 5.80. The number of nitrogens with two attached hydrogens (primary N) is 1. The predicted octanol–water partition coefficient (Wildman–Crippen LogP) is 2.35. The van der Waals surface area contributed by atoms with E-state index in [2.05, 4.69) is 26.1 Å². The van der Waals surface area contributed by atoms with Crippen molar-refractivity contribution < 1.29 is 15.2 Å². The maximum atomic E-state index is 9.16. The maximum Gasteiger partial charge on any atom is 0.123 e. The van der Waals surface area contributed by atoms with Crippen LogP contribution in [-0.4, -0.2) is 30.9 Å². The van der Waals surface area contributed by atoms with Crippen LogP contribution in [0, 0.1) is 0 Å². The molecule has 1 aromatic rings. The number of rotatable bonds is 7. The van der Waals surface area contributed by atoms with Crippen LogP contribution in [0.15, 0.2) is 18.2 Å². The van der Waals surface area contributed by atoms with Gasteiger partial charge in [-0.2, -0.15) is 0 Å². The van der Waals surface area contributed by atoms with Crippen molar-refractivity contribution in [2.45, 2.75) is 45.6 Å². The van der Waals surface area contributed by atoms with Crippen molar-refractivity contribution in [1.29, 1.82) is 0 Å². The van der Waals surface area contributed by atoms with Gasteiger partial charge in [0.25, 0.3) is 0 Å². The molecule has 0 spiro atoms. The first-order valence-electron chi connectivity index (χ1n) is 7.23. The molecule has 0 aromatic heterocycles. The lowest BCUT2D eigenvalue weighted by molar-refractivity contribution is -0.660. The summed E-state index contributed by atoms with van der Waals surface area (Å²) < 4.78 is 5.88. The van der Waals surface area contributed by atoms with E-state index in [0.29, 0.717) is 6.61 Å². The molecule has 1 aromatic carbocycles. The first-order chi connectivity index (χ1) is 9.30. The summed E-state index contributed by atoms with van der Waals surface area (Å²) in [6.45, 7) is 10.7. The Balaban J connectivity index is 2.48. The van der Waals surface area contributed by atoms with Gasteiger partial charge >= 0.3 is 0 Å². The molecule has 4 heteroatoms. The van der Waals surface area contributed by atoms with Crippen LogP contribution in [0.3, 0.4) is 0 Å². The molecule has 0 aliphatic heterocycles. The van der Waals surface area contributed by atoms with Gasteiger partial charge in [0, 0.05) is 17.0 Å². The van der Waals surface area contributed by atoms with Crippen LogP contribution in [0.2, 0.25) is 5.02 Å². The smallest absolute Gasteiger partial charge is 0.123 e. The third kappa shape index (κ3) is 6.12. The molecule has 0 saturated carbocycles. The van der Waals surface area contributed by atoms with Gasteiger partial charge in [0.05, 0.1) is 19.3 Å². The highest BCUT2D eigenvalue weighted by Crippen LogP contribution is 2.33. The van der Waals surface area contributed by atoms with Crippen LogP contribution in [-0.2, 0) is 5.41 Å². The summed E-state index contributed by atoms with van der Waals surface area (Å²) in [4.78, 5) is 0. The van der Waals surface area contributed by atoms with Gasteiger partial charge in [-0.3, -0.25) is 0 Å². The second-order valence-electron chi connectivity index (χ2n) is 6.25. The molecule has 0 heterocycles. The molecule has 0 bridgehead atoms. The Hall–Kier alpha value is -0.770. The van der Waals surface area contributed by atoms with Crippen molar-refractivity contribution in [3.63, 3.8) is 0 Å². The van der Waals surface area contributed by atoms with Crippen molar-refractivity contribution in [2.24, 2.45) is 0 Å². The zero-order valence-electron chi connectivity index (χ0n) is 12.9. The van der Waals surface area contributed by atoms with Crippen LogP contribution < -0.4 is 10.1 Å². The molecule has 3 nitrogen and oxygen atoms in total. The van der Waals surface area contributed by atoms with E-state index in [9.17, 15) is 0 Å². The molecule has 20 heavy (non-hydrogen) atoms. The second kappa shape index (κ2) is 7.87. The van der Waals surface area contributed by atoms with Crippen LogP contribution in [0.1, 0.15) is 39.7 Å². The highest BCUT2D eigenvalue weighted by Gasteiger charge is 2.19. The summed E-state index contributed by atoms with van der Waals surface area (Å²) in [5.74, 6) is 0.914. The van der Waals surface area contributed by atoms with Crippen molar-refractivity contribution in [1.82, 2.24) is 0 Å². The van der Waals surface area contributed by atoms with Crippen molar-refractivity contribution in [3.05, 3.63) is 28.8 Å². The number of ether oxygens (including phenoxy) is 1. The normalized spacial score (nSPS) is 13.3. The van der Waals surface area contributed by atoms with Gasteiger partial charge in [-0.25, -0.2) is 0 Å². The minimum absolute atomic E-state index is 0.0126. The van der Waals surface area contributed by atoms with Crippen LogP contribution in [0.5, 0.6) is 5.75 Å². The van der Waals surface area contributed by atoms with Gasteiger partial charge in [0.1, 0.15) is 12.3 Å². The third-order valence-corrected chi connectivity index (χ3v) is 3.30. The van der Waals surface area contributed by atoms with Gasteiger partial charge in [-0.05, 0) is 30.5 Å². The SMILES string of the molecule is C[C@@H](O)C[NH2+]CCCOc1ccc(Cl)cc1C(C)(C)C. The lowest BCUT2D eigenvalue weighted by Crippen LogP contribution is -2.86. The minimum Gasteiger partial charge on any atom is -0.493 e. The van der Waals surface area contributed by atoms with E-state index in [1.54, 1.807) is 6.92 Å². The van der Waals surface area contributed by atoms with Crippen LogP contribution in [0.4, 0.5) is 0 Å². The largest absolute Gasteiger partial charge is 0.493 e. The number of aliphatic hydroxyl groups is 1. The number of halogens is 1. The summed E-state index contributed by atoms with van der Waals surface area (Å²) in [5.41, 5.74) is 1.15. The van der Waals surface area contributed by atoms with E-state index in [4.69, 9.17) is 21.4 Å². The molecule has 0 unspecified atom stereocenters. The number of hydrogen-bond donors (Lipinski definition) is 2. The summed E-state index contributed by atoms with van der Waals surface area (Å²) >= 11 is 6.07. The highest BCUT2D eigenvalue weighted by molar-refractivity contribution is 6.30. The minimum atomic E-state index is -0.250. The molecule has 1 atom stereocenters. The summed E-state index contributed by atoms with van der Waals surface area (Å²) in [7, 11) is 0. The van der Waals surface area contributed by atoms with Crippen molar-refractivity contribution >= 4 is 11.6 Å². The maximum absolute atomic E-state index is 9.16. The number of benzene rings is 1. The molecule has 0 aliphatic carbocycles. The quantitative estimate of drug-likeness (QED) is 0.759. The fraction of sp³-hybridized carbons (Fsp3) is 0.625. The first-order valence-corrected chi connectivity index (χ1v) is 7.61. The molecule has 0 amide bonds. The monoisotopic (exact) mass is 300 g/mol. The Morgan fingerprint density at radius 1 is 1.35 bits per heavy atom. The average Bonchev–Trinajstić information content (AvgIpc) is 2.33. The molecule has 0 fully saturated rings. The van der Waals surface area contributed by atoms with Crippen LogP contribution >= 0.6 is 11.6 Å². The number of aliphatic hydroxyl groups excluding tert-OH is 1. The van der Waals surface area contributed by atoms with Gasteiger partial charge in [0.15, 0.2) is 0 Å². The fourth-order valence-corrected chi connectivity index (χ4v) is 2.16. The highest BCUT2D eigenvalue weighted by atomic mass is 35.5. The lowest BCUT2D eigenvalue weighted by Gasteiger charge is -2.23. The van der Waals surface area contributed by atoms with Crippen LogP contribution in [0.25, 0.3) is 0 Å². The second-order valence-corrected chi connectivity index (χ2v) is 6.69. The predicted molar refractivity (Wildman–Crippen MR) is 83.6 cm³/mol. The summed E-state index contributed by atoms with van der Waals surface area (Å²) in [5, 5.41) is 12.0. The Labute approximate surface area is 127 Å². The number of quaternary nitrogens is 1. The van der Waals surface area contributed by atoms with E-state index >= 15 is 0 Å². The standard InChI is InChI=1S/C16H26ClNO2/c1-12(19)11-18-8-5-9-20-15-7-6-13(17)10-14(15)16(2,3)4/h6-7,10,12,18-19H,5,8-9,11H2,1-4H3/p+1/t12-/m1/s1. The van der Waals surface area contributed by atoms with Crippen molar-refractivity contribution in [3.8, 4) is 5.75 Å². The van der Waals surface area contributed by atoms with E-state index in [-0.39, 0.29) is 11.5 Å². The molecule has 0 saturated heterocycles. The topological polar surface area (TPSA) is 46.1 Å². The molecule has 0 radical (unpaired) electrons. The Bertz CT molecular complexity index is 413. The molecule has 3 N–H and O–H groups in total. The zero-order valence-corrected chi connectivity index (χ0v) is 13.7. The third-order valence-electron chi connectivity index (χ3n) is 3.07. The Kier molecular flexibility index (Phi) is 6.80. The van der Waals surface area contributed by atoms with E-state index in [0.717, 1.165) is 35.8 Å². The zero-order chi connectivity index (χ0) is 15.2. The Morgan fingerprint density at radius 2 is 2.05 bits per heavy atom. The van der Waals surface area contributed by atoms with E-state index < -0.39 is 0 Å². The van der Waals surface area contributed by atoms with E-state index in [1.807, 2.05) is 18.2 Å². The lowest BCUT2D eigenvalue weighted by atomic mass is 9.86. The number of hydrogen-bond acceptors (Lipinski definition) is 2. The average molecular weight is 301 g/mol. The van der Waals surface area contributed by atoms with Gasteiger partial charge in [-0.15, -0.1) is 0 Å². The van der Waals surface area contributed by atoms with E-state index in [1.165, 1.54) is 0 Å². The molecule has 0 aliphatic rings. The van der Waals surface area contributed by atoms with Gasteiger partial charge in [0.2, 0.25) is 0 Å². The van der Waals surface area contributed by atoms with Gasteiger partial charge < -0.3 is 15.2 Å². The fourth-order valence-electron chi connectivity index (χ4n) is 1.98.